The Morgan fingerprint density at radius 1 is 1.37 bits per heavy atom. The average molecular weight is 258 g/mol. The number of benzene rings is 1. The number of aromatic nitrogens is 1. The lowest BCUT2D eigenvalue weighted by Gasteiger charge is -2.44. The third kappa shape index (κ3) is 1.92. The molecule has 98 valence electrons. The topological polar surface area (TPSA) is 73.4 Å². The maximum atomic E-state index is 12.2. The van der Waals surface area contributed by atoms with Crippen LogP contribution in [0.1, 0.15) is 17.3 Å². The molecule has 5 nitrogen and oxygen atoms in total. The molecule has 1 saturated heterocycles. The maximum absolute atomic E-state index is 12.2. The molecule has 1 fully saturated rings. The van der Waals surface area contributed by atoms with Gasteiger partial charge in [0.2, 0.25) is 5.43 Å². The third-order valence-electron chi connectivity index (χ3n) is 3.37. The van der Waals surface area contributed by atoms with Crippen LogP contribution in [0, 0.1) is 0 Å². The van der Waals surface area contributed by atoms with E-state index in [4.69, 9.17) is 0 Å². The van der Waals surface area contributed by atoms with E-state index in [1.165, 1.54) is 11.1 Å². The fourth-order valence-corrected chi connectivity index (χ4v) is 2.42. The Labute approximate surface area is 109 Å². The van der Waals surface area contributed by atoms with Gasteiger partial charge in [-0.05, 0) is 19.1 Å². The fourth-order valence-electron chi connectivity index (χ4n) is 2.42. The Kier molecular flexibility index (Phi) is 2.46. The second-order valence-electron chi connectivity index (χ2n) is 5.24. The van der Waals surface area contributed by atoms with E-state index in [2.05, 4.69) is 4.98 Å². The molecule has 0 atom stereocenters. The highest BCUT2D eigenvalue weighted by atomic mass is 16.3. The molecule has 19 heavy (non-hydrogen) atoms. The Morgan fingerprint density at radius 2 is 2.05 bits per heavy atom. The molecule has 0 spiro atoms. The van der Waals surface area contributed by atoms with E-state index in [1.807, 2.05) is 6.07 Å². The predicted molar refractivity (Wildman–Crippen MR) is 71.1 cm³/mol. The number of hydrogen-bond acceptors (Lipinski definition) is 3. The molecule has 3 rings (SSSR count). The summed E-state index contributed by atoms with van der Waals surface area (Å²) in [5.41, 5.74) is -0.279. The number of pyridine rings is 1. The van der Waals surface area contributed by atoms with Gasteiger partial charge in [0, 0.05) is 17.1 Å². The molecule has 1 aromatic heterocycles. The minimum Gasteiger partial charge on any atom is -0.386 e. The summed E-state index contributed by atoms with van der Waals surface area (Å²) in [6, 6.07) is 7.07. The first kappa shape index (κ1) is 11.9. The van der Waals surface area contributed by atoms with Gasteiger partial charge >= 0.3 is 0 Å². The van der Waals surface area contributed by atoms with Crippen LogP contribution in [-0.4, -0.2) is 39.6 Å². The quantitative estimate of drug-likeness (QED) is 0.792. The van der Waals surface area contributed by atoms with Gasteiger partial charge < -0.3 is 15.0 Å². The summed E-state index contributed by atoms with van der Waals surface area (Å²) in [7, 11) is 0. The molecule has 0 aliphatic carbocycles. The number of H-pyrrole nitrogens is 1. The molecule has 0 bridgehead atoms. The van der Waals surface area contributed by atoms with Crippen LogP contribution >= 0.6 is 0 Å². The first-order chi connectivity index (χ1) is 8.98. The zero-order valence-corrected chi connectivity index (χ0v) is 10.5. The number of aromatic amines is 1. The van der Waals surface area contributed by atoms with E-state index in [9.17, 15) is 14.7 Å². The van der Waals surface area contributed by atoms with E-state index in [1.54, 1.807) is 25.1 Å². The average Bonchev–Trinajstić information content (AvgIpc) is 2.36. The molecule has 1 aliphatic rings. The lowest BCUT2D eigenvalue weighted by atomic mass is 9.96. The second kappa shape index (κ2) is 3.93. The van der Waals surface area contributed by atoms with Gasteiger partial charge in [0.15, 0.2) is 0 Å². The largest absolute Gasteiger partial charge is 0.386 e. The van der Waals surface area contributed by atoms with Crippen molar-refractivity contribution in [3.8, 4) is 0 Å². The van der Waals surface area contributed by atoms with E-state index in [-0.39, 0.29) is 30.0 Å². The van der Waals surface area contributed by atoms with Gasteiger partial charge in [0.25, 0.3) is 5.91 Å². The number of carbonyl (C=O) groups is 1. The van der Waals surface area contributed by atoms with Crippen LogP contribution in [0.4, 0.5) is 0 Å². The number of β-amino-alcohol motifs (C(OH)–C–C–N with tert-alkyl or cyclic N) is 1. The van der Waals surface area contributed by atoms with Crippen LogP contribution in [0.5, 0.6) is 0 Å². The van der Waals surface area contributed by atoms with Gasteiger partial charge in [-0.25, -0.2) is 0 Å². The van der Waals surface area contributed by atoms with Crippen molar-refractivity contribution in [2.24, 2.45) is 0 Å². The number of amides is 1. The zero-order chi connectivity index (χ0) is 13.6. The summed E-state index contributed by atoms with van der Waals surface area (Å²) in [4.78, 5) is 28.8. The summed E-state index contributed by atoms with van der Waals surface area (Å²) in [5.74, 6) is -0.335. The van der Waals surface area contributed by atoms with Crippen molar-refractivity contribution in [3.05, 3.63) is 46.2 Å². The first-order valence-electron chi connectivity index (χ1n) is 6.10. The Balaban J connectivity index is 2.00. The van der Waals surface area contributed by atoms with Crippen molar-refractivity contribution in [3.63, 3.8) is 0 Å². The van der Waals surface area contributed by atoms with E-state index in [0.29, 0.717) is 10.9 Å². The summed E-state index contributed by atoms with van der Waals surface area (Å²) in [6.07, 6.45) is 1.44. The number of aliphatic hydroxyl groups is 1. The standard InChI is InChI=1S/C14H14N2O3/c1-14(19)7-16(8-14)13(18)10-6-15-11-5-3-2-4-9(11)12(10)17/h2-6,19H,7-8H2,1H3,(H,15,17). The number of carbonyl (C=O) groups excluding carboxylic acids is 1. The molecule has 0 saturated carbocycles. The normalized spacial score (nSPS) is 17.3. The van der Waals surface area contributed by atoms with Gasteiger partial charge in [-0.2, -0.15) is 0 Å². The highest BCUT2D eigenvalue weighted by Crippen LogP contribution is 2.21. The van der Waals surface area contributed by atoms with Crippen LogP contribution < -0.4 is 5.43 Å². The molecule has 2 heterocycles. The minimum atomic E-state index is -0.834. The van der Waals surface area contributed by atoms with E-state index >= 15 is 0 Å². The summed E-state index contributed by atoms with van der Waals surface area (Å²) < 4.78 is 0. The fraction of sp³-hybridized carbons (Fsp3) is 0.286. The summed E-state index contributed by atoms with van der Waals surface area (Å²) in [6.45, 7) is 2.19. The second-order valence-corrected chi connectivity index (χ2v) is 5.24. The first-order valence-corrected chi connectivity index (χ1v) is 6.10. The van der Waals surface area contributed by atoms with Crippen LogP contribution in [0.3, 0.4) is 0 Å². The Hall–Kier alpha value is -2.14. The number of nitrogens with one attached hydrogen (secondary N) is 1. The molecular weight excluding hydrogens is 244 g/mol. The number of fused-ring (bicyclic) bond motifs is 1. The number of likely N-dealkylation sites (tertiary alicyclic amines) is 1. The van der Waals surface area contributed by atoms with Crippen molar-refractivity contribution < 1.29 is 9.90 Å². The minimum absolute atomic E-state index is 0.120. The molecule has 1 aromatic carbocycles. The van der Waals surface area contributed by atoms with Gasteiger partial charge in [0.05, 0.1) is 18.7 Å². The van der Waals surface area contributed by atoms with Crippen molar-refractivity contribution in [1.82, 2.24) is 9.88 Å². The van der Waals surface area contributed by atoms with Crippen LogP contribution in [0.25, 0.3) is 10.9 Å². The molecule has 0 radical (unpaired) electrons. The Bertz CT molecular complexity index is 710. The number of nitrogens with zero attached hydrogens (tertiary/aromatic N) is 1. The Morgan fingerprint density at radius 3 is 2.74 bits per heavy atom. The van der Waals surface area contributed by atoms with Crippen molar-refractivity contribution in [1.29, 1.82) is 0 Å². The summed E-state index contributed by atoms with van der Waals surface area (Å²) in [5, 5.41) is 10.1. The highest BCUT2D eigenvalue weighted by molar-refractivity contribution is 5.97. The zero-order valence-electron chi connectivity index (χ0n) is 10.5. The third-order valence-corrected chi connectivity index (χ3v) is 3.37. The number of hydrogen-bond donors (Lipinski definition) is 2. The predicted octanol–water partition coefficient (Wildman–Crippen LogP) is 0.735. The van der Waals surface area contributed by atoms with Crippen molar-refractivity contribution >= 4 is 16.8 Å². The summed E-state index contributed by atoms with van der Waals surface area (Å²) >= 11 is 0. The van der Waals surface area contributed by atoms with Gasteiger partial charge in [-0.1, -0.05) is 12.1 Å². The molecule has 0 unspecified atom stereocenters. The molecule has 1 amide bonds. The SMILES string of the molecule is CC1(O)CN(C(=O)c2c[nH]c3ccccc3c2=O)C1. The number of para-hydroxylation sites is 1. The molecule has 1 aliphatic heterocycles. The molecule has 2 aromatic rings. The van der Waals surface area contributed by atoms with Crippen LogP contribution in [0.15, 0.2) is 35.3 Å². The molecule has 5 heteroatoms. The molecule has 2 N–H and O–H groups in total. The highest BCUT2D eigenvalue weighted by Gasteiger charge is 2.40. The van der Waals surface area contributed by atoms with E-state index in [0.717, 1.165) is 0 Å². The lowest BCUT2D eigenvalue weighted by Crippen LogP contribution is -2.62. The number of rotatable bonds is 1. The lowest BCUT2D eigenvalue weighted by molar-refractivity contribution is -0.0669. The maximum Gasteiger partial charge on any atom is 0.259 e. The monoisotopic (exact) mass is 258 g/mol. The van der Waals surface area contributed by atoms with Gasteiger partial charge in [-0.3, -0.25) is 9.59 Å². The van der Waals surface area contributed by atoms with Crippen LogP contribution in [0.2, 0.25) is 0 Å². The molecular formula is C14H14N2O3. The van der Waals surface area contributed by atoms with Crippen LogP contribution in [-0.2, 0) is 0 Å². The van der Waals surface area contributed by atoms with Crippen molar-refractivity contribution in [2.75, 3.05) is 13.1 Å². The van der Waals surface area contributed by atoms with Crippen molar-refractivity contribution in [2.45, 2.75) is 12.5 Å². The smallest absolute Gasteiger partial charge is 0.259 e. The van der Waals surface area contributed by atoms with Gasteiger partial charge in [-0.15, -0.1) is 0 Å². The van der Waals surface area contributed by atoms with Gasteiger partial charge in [0.1, 0.15) is 5.56 Å². The van der Waals surface area contributed by atoms with E-state index < -0.39 is 5.60 Å².